The van der Waals surface area contributed by atoms with Gasteiger partial charge in [0.15, 0.2) is 11.5 Å². The van der Waals surface area contributed by atoms with Crippen LogP contribution in [0.25, 0.3) is 0 Å². The van der Waals surface area contributed by atoms with E-state index in [1.54, 1.807) is 11.8 Å². The molecular formula is C21H21NO6. The van der Waals surface area contributed by atoms with Crippen LogP contribution in [0.4, 0.5) is 5.69 Å². The number of hydrogen-bond donors (Lipinski definition) is 2. The molecule has 2 aromatic carbocycles. The maximum absolute atomic E-state index is 13.5. The summed E-state index contributed by atoms with van der Waals surface area (Å²) in [7, 11) is 0. The van der Waals surface area contributed by atoms with Gasteiger partial charge >= 0.3 is 5.97 Å². The fourth-order valence-corrected chi connectivity index (χ4v) is 4.04. The van der Waals surface area contributed by atoms with Gasteiger partial charge < -0.3 is 24.6 Å². The van der Waals surface area contributed by atoms with E-state index in [9.17, 15) is 19.8 Å². The normalized spacial score (nSPS) is 19.5. The fraction of sp³-hybridized carbons (Fsp3) is 0.333. The van der Waals surface area contributed by atoms with Gasteiger partial charge in [-0.1, -0.05) is 18.2 Å². The number of hydrogen-bond acceptors (Lipinski definition) is 6. The summed E-state index contributed by atoms with van der Waals surface area (Å²) in [5, 5.41) is 19.8. The molecule has 0 radical (unpaired) electrons. The van der Waals surface area contributed by atoms with E-state index in [1.807, 2.05) is 24.3 Å². The number of carbonyl (C=O) groups excluding carboxylic acids is 2. The molecule has 7 nitrogen and oxygen atoms in total. The number of fused-ring (bicyclic) bond motifs is 4. The number of esters is 1. The molecule has 2 aromatic rings. The zero-order valence-corrected chi connectivity index (χ0v) is 15.5. The predicted octanol–water partition coefficient (Wildman–Crippen LogP) is 2.47. The van der Waals surface area contributed by atoms with Crippen molar-refractivity contribution in [3.05, 3.63) is 47.5 Å². The molecule has 2 aliphatic heterocycles. The van der Waals surface area contributed by atoms with E-state index in [2.05, 4.69) is 0 Å². The first kappa shape index (κ1) is 18.2. The third-order valence-corrected chi connectivity index (χ3v) is 5.31. The molecule has 2 N–H and O–H groups in total. The van der Waals surface area contributed by atoms with E-state index in [4.69, 9.17) is 9.47 Å². The highest BCUT2D eigenvalue weighted by Gasteiger charge is 2.56. The smallest absolute Gasteiger partial charge is 0.305 e. The zero-order valence-electron chi connectivity index (χ0n) is 15.5. The van der Waals surface area contributed by atoms with Crippen molar-refractivity contribution in [3.63, 3.8) is 0 Å². The Morgan fingerprint density at radius 2 is 1.96 bits per heavy atom. The van der Waals surface area contributed by atoms with Crippen molar-refractivity contribution in [2.45, 2.75) is 25.2 Å². The quantitative estimate of drug-likeness (QED) is 0.608. The Balaban J connectivity index is 1.70. The van der Waals surface area contributed by atoms with E-state index >= 15 is 0 Å². The summed E-state index contributed by atoms with van der Waals surface area (Å²) in [6.07, 6.45) is 0.706. The van der Waals surface area contributed by atoms with E-state index < -0.39 is 5.41 Å². The minimum Gasteiger partial charge on any atom is -0.504 e. The van der Waals surface area contributed by atoms with Gasteiger partial charge in [0.1, 0.15) is 17.8 Å². The van der Waals surface area contributed by atoms with Gasteiger partial charge in [0, 0.05) is 30.3 Å². The summed E-state index contributed by atoms with van der Waals surface area (Å²) in [5.41, 5.74) is 1.02. The van der Waals surface area contributed by atoms with Crippen molar-refractivity contribution >= 4 is 17.6 Å². The first-order chi connectivity index (χ1) is 13.5. The summed E-state index contributed by atoms with van der Waals surface area (Å²) >= 11 is 0. The standard InChI is InChI=1S/C21H21NO6/c1-2-27-19(25)8-5-9-22-15-7-4-3-6-13(15)21(20(22)26)12-28-18-11-17(24)16(23)10-14(18)21/h3-4,6-7,10-11,23-24H,2,5,8-9,12H2,1H3. The highest BCUT2D eigenvalue weighted by molar-refractivity contribution is 6.11. The molecule has 1 amide bonds. The summed E-state index contributed by atoms with van der Waals surface area (Å²) < 4.78 is 10.7. The van der Waals surface area contributed by atoms with Crippen LogP contribution in [0.1, 0.15) is 30.9 Å². The van der Waals surface area contributed by atoms with Crippen LogP contribution >= 0.6 is 0 Å². The average molecular weight is 383 g/mol. The molecule has 0 bridgehead atoms. The van der Waals surface area contributed by atoms with Crippen molar-refractivity contribution in [3.8, 4) is 17.2 Å². The Morgan fingerprint density at radius 1 is 1.21 bits per heavy atom. The van der Waals surface area contributed by atoms with Gasteiger partial charge in [0.25, 0.3) is 0 Å². The molecule has 1 unspecified atom stereocenters. The first-order valence-corrected chi connectivity index (χ1v) is 9.25. The molecule has 1 atom stereocenters. The van der Waals surface area contributed by atoms with Crippen molar-refractivity contribution in [2.75, 3.05) is 24.7 Å². The second kappa shape index (κ2) is 6.74. The largest absolute Gasteiger partial charge is 0.504 e. The minimum absolute atomic E-state index is 0.0927. The number of ether oxygens (including phenoxy) is 2. The SMILES string of the molecule is CCOC(=O)CCCN1C(=O)C2(COc3cc(O)c(O)cc32)c2ccccc21. The lowest BCUT2D eigenvalue weighted by molar-refractivity contribution is -0.143. The Hall–Kier alpha value is -3.22. The molecule has 0 aliphatic carbocycles. The predicted molar refractivity (Wildman–Crippen MR) is 101 cm³/mol. The lowest BCUT2D eigenvalue weighted by atomic mass is 9.77. The number of phenolic OH excluding ortho intramolecular Hbond substituents is 2. The summed E-state index contributed by atoms with van der Waals surface area (Å²) in [6, 6.07) is 10.2. The van der Waals surface area contributed by atoms with Crippen LogP contribution in [0, 0.1) is 0 Å². The van der Waals surface area contributed by atoms with E-state index in [0.717, 1.165) is 11.3 Å². The van der Waals surface area contributed by atoms with Gasteiger partial charge in [-0.3, -0.25) is 9.59 Å². The van der Waals surface area contributed by atoms with Gasteiger partial charge in [-0.25, -0.2) is 0 Å². The van der Waals surface area contributed by atoms with Gasteiger partial charge in [-0.15, -0.1) is 0 Å². The van der Waals surface area contributed by atoms with Crippen LogP contribution in [0.3, 0.4) is 0 Å². The second-order valence-electron chi connectivity index (χ2n) is 6.91. The van der Waals surface area contributed by atoms with Crippen LogP contribution in [0.5, 0.6) is 17.2 Å². The molecule has 0 saturated carbocycles. The Labute approximate surface area is 162 Å². The van der Waals surface area contributed by atoms with Gasteiger partial charge in [-0.2, -0.15) is 0 Å². The van der Waals surface area contributed by atoms with E-state index in [1.165, 1.54) is 12.1 Å². The summed E-state index contributed by atoms with van der Waals surface area (Å²) in [5.74, 6) is -0.657. The molecule has 7 heteroatoms. The Bertz CT molecular complexity index is 956. The molecular weight excluding hydrogens is 362 g/mol. The molecule has 2 heterocycles. The third kappa shape index (κ3) is 2.58. The van der Waals surface area contributed by atoms with Crippen molar-refractivity contribution < 1.29 is 29.3 Å². The van der Waals surface area contributed by atoms with E-state index in [-0.39, 0.29) is 36.4 Å². The Kier molecular flexibility index (Phi) is 4.37. The highest BCUT2D eigenvalue weighted by atomic mass is 16.5. The van der Waals surface area contributed by atoms with Crippen molar-refractivity contribution in [1.29, 1.82) is 0 Å². The number of rotatable bonds is 5. The number of benzene rings is 2. The maximum Gasteiger partial charge on any atom is 0.305 e. The number of nitrogens with zero attached hydrogens (tertiary/aromatic N) is 1. The second-order valence-corrected chi connectivity index (χ2v) is 6.91. The number of aromatic hydroxyl groups is 2. The minimum atomic E-state index is -1.07. The third-order valence-electron chi connectivity index (χ3n) is 5.31. The van der Waals surface area contributed by atoms with Gasteiger partial charge in [0.05, 0.1) is 6.61 Å². The summed E-state index contributed by atoms with van der Waals surface area (Å²) in [4.78, 5) is 26.8. The van der Waals surface area contributed by atoms with E-state index in [0.29, 0.717) is 30.9 Å². The number of carbonyl (C=O) groups is 2. The monoisotopic (exact) mass is 383 g/mol. The molecule has 1 spiro atoms. The Morgan fingerprint density at radius 3 is 2.75 bits per heavy atom. The molecule has 0 saturated heterocycles. The number of anilines is 1. The number of phenols is 2. The van der Waals surface area contributed by atoms with Crippen LogP contribution in [0.15, 0.2) is 36.4 Å². The van der Waals surface area contributed by atoms with Crippen LogP contribution in [-0.2, 0) is 19.7 Å². The van der Waals surface area contributed by atoms with Crippen LogP contribution < -0.4 is 9.64 Å². The van der Waals surface area contributed by atoms with Crippen molar-refractivity contribution in [2.24, 2.45) is 0 Å². The first-order valence-electron chi connectivity index (χ1n) is 9.25. The number of amides is 1. The number of para-hydroxylation sites is 1. The molecule has 28 heavy (non-hydrogen) atoms. The van der Waals surface area contributed by atoms with Crippen molar-refractivity contribution in [1.82, 2.24) is 0 Å². The average Bonchev–Trinajstić information content (AvgIpc) is 3.15. The van der Waals surface area contributed by atoms with Gasteiger partial charge in [0.2, 0.25) is 5.91 Å². The lowest BCUT2D eigenvalue weighted by Crippen LogP contribution is -2.42. The topological polar surface area (TPSA) is 96.3 Å². The highest BCUT2D eigenvalue weighted by Crippen LogP contribution is 2.54. The van der Waals surface area contributed by atoms with Gasteiger partial charge in [-0.05, 0) is 31.0 Å². The fourth-order valence-electron chi connectivity index (χ4n) is 4.04. The maximum atomic E-state index is 13.5. The molecule has 146 valence electrons. The van der Waals surface area contributed by atoms with Crippen LogP contribution in [0.2, 0.25) is 0 Å². The molecule has 0 fully saturated rings. The molecule has 2 aliphatic rings. The lowest BCUT2D eigenvalue weighted by Gasteiger charge is -2.23. The summed E-state index contributed by atoms with van der Waals surface area (Å²) in [6.45, 7) is 2.55. The van der Waals surface area contributed by atoms with Crippen LogP contribution in [-0.4, -0.2) is 41.8 Å². The molecule has 0 aromatic heterocycles. The zero-order chi connectivity index (χ0) is 19.9. The molecule has 4 rings (SSSR count).